The molecule has 1 atom stereocenters. The van der Waals surface area contributed by atoms with Gasteiger partial charge in [-0.1, -0.05) is 15.9 Å². The van der Waals surface area contributed by atoms with Crippen molar-refractivity contribution in [2.24, 2.45) is 5.92 Å². The van der Waals surface area contributed by atoms with Gasteiger partial charge >= 0.3 is 0 Å². The third kappa shape index (κ3) is 2.82. The minimum atomic E-state index is -3.89. The van der Waals surface area contributed by atoms with Gasteiger partial charge in [-0.05, 0) is 50.3 Å². The molecule has 3 aliphatic rings. The van der Waals surface area contributed by atoms with Crippen molar-refractivity contribution in [2.75, 3.05) is 13.1 Å². The van der Waals surface area contributed by atoms with Gasteiger partial charge in [0.05, 0.1) is 10.5 Å². The largest absolute Gasteiger partial charge is 0.331 e. The van der Waals surface area contributed by atoms with Crippen LogP contribution >= 0.6 is 15.9 Å². The Balaban J connectivity index is 1.73. The fourth-order valence-corrected chi connectivity index (χ4v) is 6.33. The highest BCUT2D eigenvalue weighted by atomic mass is 79.9. The van der Waals surface area contributed by atoms with Crippen LogP contribution in [0.2, 0.25) is 0 Å². The zero-order valence-electron chi connectivity index (χ0n) is 14.1. The van der Waals surface area contributed by atoms with Crippen molar-refractivity contribution in [3.05, 3.63) is 27.7 Å². The quantitative estimate of drug-likeness (QED) is 0.737. The standard InChI is InChI=1S/C17H20BrFN2O3S/c1-10(11-3-4-11)21-7-12-5-13(18)6-14(15(12)16(21)22)25(23,24)20-8-17(2,19)9-20/h5-6,10-11H,3-4,7-9H2,1-2H3/t10-/m0/s1. The van der Waals surface area contributed by atoms with Crippen molar-refractivity contribution in [2.45, 2.75) is 49.8 Å². The van der Waals surface area contributed by atoms with Gasteiger partial charge in [0.2, 0.25) is 10.0 Å². The molecule has 4 rings (SSSR count). The first-order valence-corrected chi connectivity index (χ1v) is 10.7. The van der Waals surface area contributed by atoms with E-state index in [1.165, 1.54) is 13.0 Å². The fourth-order valence-electron chi connectivity index (χ4n) is 3.77. The minimum absolute atomic E-state index is 0.0112. The molecule has 2 heterocycles. The molecule has 1 saturated carbocycles. The first-order chi connectivity index (χ1) is 11.6. The van der Waals surface area contributed by atoms with Gasteiger partial charge in [0.25, 0.3) is 5.91 Å². The number of hydrogen-bond donors (Lipinski definition) is 0. The van der Waals surface area contributed by atoms with Crippen LogP contribution in [-0.2, 0) is 16.6 Å². The van der Waals surface area contributed by atoms with E-state index in [9.17, 15) is 17.6 Å². The Morgan fingerprint density at radius 1 is 1.32 bits per heavy atom. The maximum atomic E-state index is 13.8. The Morgan fingerprint density at radius 3 is 2.52 bits per heavy atom. The molecule has 0 N–H and O–H groups in total. The van der Waals surface area contributed by atoms with Gasteiger partial charge in [0.1, 0.15) is 5.67 Å². The molecule has 25 heavy (non-hydrogen) atoms. The second-order valence-electron chi connectivity index (χ2n) is 7.64. The Bertz CT molecular complexity index is 859. The molecule has 1 aromatic rings. The summed E-state index contributed by atoms with van der Waals surface area (Å²) < 4.78 is 41.4. The van der Waals surface area contributed by atoms with E-state index in [1.807, 2.05) is 6.92 Å². The molecular weight excluding hydrogens is 411 g/mol. The molecule has 0 spiro atoms. The van der Waals surface area contributed by atoms with Crippen LogP contribution in [0.5, 0.6) is 0 Å². The first-order valence-electron chi connectivity index (χ1n) is 8.43. The van der Waals surface area contributed by atoms with Gasteiger partial charge in [-0.3, -0.25) is 4.79 Å². The Kier molecular flexibility index (Phi) is 3.84. The average molecular weight is 431 g/mol. The fraction of sp³-hybridized carbons (Fsp3) is 0.588. The summed E-state index contributed by atoms with van der Waals surface area (Å²) >= 11 is 3.35. The van der Waals surface area contributed by atoms with Crippen molar-refractivity contribution in [3.63, 3.8) is 0 Å². The van der Waals surface area contributed by atoms with Crippen molar-refractivity contribution in [1.29, 1.82) is 0 Å². The number of carbonyl (C=O) groups excluding carboxylic acids is 1. The SMILES string of the molecule is C[C@@H](C1CC1)N1Cc2cc(Br)cc(S(=O)(=O)N3CC(C)(F)C3)c2C1=O. The van der Waals surface area contributed by atoms with Crippen LogP contribution in [-0.4, -0.2) is 48.3 Å². The highest BCUT2D eigenvalue weighted by molar-refractivity contribution is 9.10. The summed E-state index contributed by atoms with van der Waals surface area (Å²) in [6, 6.07) is 3.37. The molecule has 136 valence electrons. The van der Waals surface area contributed by atoms with Gasteiger partial charge in [0.15, 0.2) is 0 Å². The van der Waals surface area contributed by atoms with E-state index >= 15 is 0 Å². The minimum Gasteiger partial charge on any atom is -0.331 e. The molecule has 1 saturated heterocycles. The number of hydrogen-bond acceptors (Lipinski definition) is 3. The van der Waals surface area contributed by atoms with Crippen LogP contribution < -0.4 is 0 Å². The summed E-state index contributed by atoms with van der Waals surface area (Å²) in [5, 5.41) is 0. The summed E-state index contributed by atoms with van der Waals surface area (Å²) in [6.07, 6.45) is 2.22. The van der Waals surface area contributed by atoms with Crippen LogP contribution in [0, 0.1) is 5.92 Å². The number of nitrogens with zero attached hydrogens (tertiary/aromatic N) is 2. The van der Waals surface area contributed by atoms with E-state index in [0.717, 1.165) is 17.1 Å². The van der Waals surface area contributed by atoms with Crippen LogP contribution in [0.25, 0.3) is 0 Å². The number of amides is 1. The molecule has 1 amide bonds. The zero-order chi connectivity index (χ0) is 18.1. The average Bonchev–Trinajstić information content (AvgIpc) is 3.28. The van der Waals surface area contributed by atoms with Crippen molar-refractivity contribution < 1.29 is 17.6 Å². The van der Waals surface area contributed by atoms with Crippen molar-refractivity contribution in [1.82, 2.24) is 9.21 Å². The number of fused-ring (bicyclic) bond motifs is 1. The number of rotatable bonds is 4. The third-order valence-corrected chi connectivity index (χ3v) is 7.66. The zero-order valence-corrected chi connectivity index (χ0v) is 16.5. The van der Waals surface area contributed by atoms with E-state index in [0.29, 0.717) is 22.5 Å². The highest BCUT2D eigenvalue weighted by Crippen LogP contribution is 2.41. The van der Waals surface area contributed by atoms with Gasteiger partial charge in [0, 0.05) is 30.1 Å². The lowest BCUT2D eigenvalue weighted by Gasteiger charge is -2.41. The third-order valence-electron chi connectivity index (χ3n) is 5.39. The van der Waals surface area contributed by atoms with E-state index in [-0.39, 0.29) is 35.5 Å². The molecule has 2 aliphatic heterocycles. The van der Waals surface area contributed by atoms with Gasteiger partial charge in [-0.25, -0.2) is 12.8 Å². The molecule has 5 nitrogen and oxygen atoms in total. The number of sulfonamides is 1. The molecule has 1 aliphatic carbocycles. The molecule has 0 aromatic heterocycles. The number of carbonyl (C=O) groups is 1. The molecule has 8 heteroatoms. The normalized spacial score (nSPS) is 24.2. The van der Waals surface area contributed by atoms with Crippen molar-refractivity contribution in [3.8, 4) is 0 Å². The second kappa shape index (κ2) is 5.50. The molecule has 2 fully saturated rings. The summed E-state index contributed by atoms with van der Waals surface area (Å²) in [7, 11) is -3.89. The lowest BCUT2D eigenvalue weighted by atomic mass is 10.0. The maximum absolute atomic E-state index is 13.8. The number of benzene rings is 1. The Hall–Kier alpha value is -0.990. The summed E-state index contributed by atoms with van der Waals surface area (Å²) in [4.78, 5) is 14.7. The lowest BCUT2D eigenvalue weighted by Crippen LogP contribution is -2.59. The molecule has 1 aromatic carbocycles. The maximum Gasteiger partial charge on any atom is 0.256 e. The Labute approximate surface area is 155 Å². The van der Waals surface area contributed by atoms with Gasteiger partial charge < -0.3 is 4.90 Å². The second-order valence-corrected chi connectivity index (χ2v) is 10.5. The van der Waals surface area contributed by atoms with E-state index < -0.39 is 15.7 Å². The lowest BCUT2D eigenvalue weighted by molar-refractivity contribution is 0.0397. The predicted octanol–water partition coefficient (Wildman–Crippen LogP) is 2.94. The molecular formula is C17H20BrFN2O3S. The van der Waals surface area contributed by atoms with Crippen molar-refractivity contribution >= 4 is 31.9 Å². The number of alkyl halides is 1. The van der Waals surface area contributed by atoms with Crippen LogP contribution in [0.1, 0.15) is 42.6 Å². The molecule has 0 unspecified atom stereocenters. The van der Waals surface area contributed by atoms with Crippen LogP contribution in [0.3, 0.4) is 0 Å². The van der Waals surface area contributed by atoms with E-state index in [2.05, 4.69) is 15.9 Å². The summed E-state index contributed by atoms with van der Waals surface area (Å²) in [5.41, 5.74) is -0.532. The topological polar surface area (TPSA) is 57.7 Å². The highest BCUT2D eigenvalue weighted by Gasteiger charge is 2.48. The van der Waals surface area contributed by atoms with Crippen LogP contribution in [0.15, 0.2) is 21.5 Å². The molecule has 0 radical (unpaired) electrons. The van der Waals surface area contributed by atoms with E-state index in [1.54, 1.807) is 11.0 Å². The molecule has 0 bridgehead atoms. The van der Waals surface area contributed by atoms with Crippen LogP contribution in [0.4, 0.5) is 4.39 Å². The summed E-state index contributed by atoms with van der Waals surface area (Å²) in [5.74, 6) is 0.272. The summed E-state index contributed by atoms with van der Waals surface area (Å²) in [6.45, 7) is 3.48. The van der Waals surface area contributed by atoms with Gasteiger partial charge in [-0.2, -0.15) is 4.31 Å². The smallest absolute Gasteiger partial charge is 0.256 e. The van der Waals surface area contributed by atoms with E-state index in [4.69, 9.17) is 0 Å². The number of halogens is 2. The predicted molar refractivity (Wildman–Crippen MR) is 94.5 cm³/mol. The Morgan fingerprint density at radius 2 is 1.96 bits per heavy atom. The first kappa shape index (κ1) is 17.4. The van der Waals surface area contributed by atoms with Gasteiger partial charge in [-0.15, -0.1) is 0 Å². The monoisotopic (exact) mass is 430 g/mol.